The van der Waals surface area contributed by atoms with Gasteiger partial charge in [0.15, 0.2) is 5.96 Å². The summed E-state index contributed by atoms with van der Waals surface area (Å²) in [4.78, 5) is 4.21. The van der Waals surface area contributed by atoms with Crippen LogP contribution < -0.4 is 10.6 Å². The minimum absolute atomic E-state index is 0. The van der Waals surface area contributed by atoms with Crippen LogP contribution in [0.5, 0.6) is 0 Å². The van der Waals surface area contributed by atoms with E-state index in [0.29, 0.717) is 11.5 Å². The lowest BCUT2D eigenvalue weighted by atomic mass is 10.1. The average Bonchev–Trinajstić information content (AvgIpc) is 2.94. The van der Waals surface area contributed by atoms with Crippen molar-refractivity contribution in [1.82, 2.24) is 20.4 Å². The molecule has 0 aliphatic heterocycles. The molecule has 1 atom stereocenters. The molecule has 0 spiro atoms. The molecule has 0 saturated carbocycles. The summed E-state index contributed by atoms with van der Waals surface area (Å²) >= 11 is 0. The molecule has 1 aromatic carbocycles. The van der Waals surface area contributed by atoms with Crippen LogP contribution in [0, 0.1) is 12.7 Å². The zero-order valence-electron chi connectivity index (χ0n) is 14.5. The van der Waals surface area contributed by atoms with Crippen molar-refractivity contribution in [3.63, 3.8) is 0 Å². The Bertz CT molecular complexity index is 683. The maximum Gasteiger partial charge on any atom is 0.191 e. The maximum atomic E-state index is 13.7. The molecule has 0 radical (unpaired) electrons. The lowest BCUT2D eigenvalue weighted by molar-refractivity contribution is 0.607. The minimum atomic E-state index is -0.185. The van der Waals surface area contributed by atoms with Gasteiger partial charge in [-0.15, -0.1) is 24.0 Å². The van der Waals surface area contributed by atoms with Gasteiger partial charge in [-0.2, -0.15) is 5.10 Å². The number of hydrogen-bond acceptors (Lipinski definition) is 2. The predicted molar refractivity (Wildman–Crippen MR) is 106 cm³/mol. The molecular formula is C17H25FIN5. The van der Waals surface area contributed by atoms with E-state index >= 15 is 0 Å². The third-order valence-electron chi connectivity index (χ3n) is 3.74. The topological polar surface area (TPSA) is 54.2 Å². The van der Waals surface area contributed by atoms with Crippen LogP contribution in [0.25, 0.3) is 0 Å². The van der Waals surface area contributed by atoms with Crippen molar-refractivity contribution in [3.8, 4) is 0 Å². The van der Waals surface area contributed by atoms with Gasteiger partial charge >= 0.3 is 0 Å². The number of nitrogens with one attached hydrogen (secondary N) is 2. The normalized spacial score (nSPS) is 12.5. The molecule has 1 unspecified atom stereocenters. The number of nitrogens with zero attached hydrogens (tertiary/aromatic N) is 3. The van der Waals surface area contributed by atoms with Gasteiger partial charge in [-0.1, -0.05) is 12.1 Å². The van der Waals surface area contributed by atoms with Crippen molar-refractivity contribution in [3.05, 3.63) is 53.1 Å². The largest absolute Gasteiger partial charge is 0.356 e. The maximum absolute atomic E-state index is 13.7. The quantitative estimate of drug-likeness (QED) is 0.423. The van der Waals surface area contributed by atoms with E-state index < -0.39 is 0 Å². The monoisotopic (exact) mass is 445 g/mol. The zero-order valence-corrected chi connectivity index (χ0v) is 16.8. The molecule has 2 aromatic rings. The average molecular weight is 445 g/mol. The SMILES string of the molecule is CN=C(NCCc1cnn(C)c1)NC(C)c1ccc(C)c(F)c1.I. The Morgan fingerprint density at radius 1 is 1.42 bits per heavy atom. The highest BCUT2D eigenvalue weighted by Gasteiger charge is 2.09. The van der Waals surface area contributed by atoms with Crippen LogP contribution in [0.1, 0.15) is 29.7 Å². The number of aryl methyl sites for hydroxylation is 2. The van der Waals surface area contributed by atoms with E-state index in [2.05, 4.69) is 20.7 Å². The molecule has 0 amide bonds. The van der Waals surface area contributed by atoms with Crippen molar-refractivity contribution < 1.29 is 4.39 Å². The van der Waals surface area contributed by atoms with E-state index in [1.165, 1.54) is 5.56 Å². The lowest BCUT2D eigenvalue weighted by Crippen LogP contribution is -2.39. The Hall–Kier alpha value is -1.64. The van der Waals surface area contributed by atoms with Gasteiger partial charge in [0.2, 0.25) is 0 Å². The lowest BCUT2D eigenvalue weighted by Gasteiger charge is -2.18. The van der Waals surface area contributed by atoms with Gasteiger partial charge in [-0.3, -0.25) is 9.67 Å². The Morgan fingerprint density at radius 3 is 2.75 bits per heavy atom. The summed E-state index contributed by atoms with van der Waals surface area (Å²) in [6.07, 6.45) is 4.72. The summed E-state index contributed by atoms with van der Waals surface area (Å²) in [7, 11) is 3.63. The molecular weight excluding hydrogens is 420 g/mol. The molecule has 132 valence electrons. The van der Waals surface area contributed by atoms with E-state index in [9.17, 15) is 4.39 Å². The first-order chi connectivity index (χ1) is 11.0. The number of aliphatic imine (C=N–C) groups is 1. The Balaban J connectivity index is 0.00000288. The second-order valence-corrected chi connectivity index (χ2v) is 5.65. The molecule has 2 rings (SSSR count). The summed E-state index contributed by atoms with van der Waals surface area (Å²) in [6, 6.07) is 5.26. The number of benzene rings is 1. The molecule has 2 N–H and O–H groups in total. The second kappa shape index (κ2) is 9.61. The Morgan fingerprint density at radius 2 is 2.17 bits per heavy atom. The van der Waals surface area contributed by atoms with Crippen molar-refractivity contribution in [1.29, 1.82) is 0 Å². The summed E-state index contributed by atoms with van der Waals surface area (Å²) in [5, 5.41) is 10.7. The third-order valence-corrected chi connectivity index (χ3v) is 3.74. The third kappa shape index (κ3) is 5.77. The first-order valence-corrected chi connectivity index (χ1v) is 7.70. The van der Waals surface area contributed by atoms with Crippen LogP contribution >= 0.6 is 24.0 Å². The van der Waals surface area contributed by atoms with Gasteiger partial charge in [0, 0.05) is 26.8 Å². The molecule has 1 aromatic heterocycles. The van der Waals surface area contributed by atoms with Crippen LogP contribution in [-0.2, 0) is 13.5 Å². The van der Waals surface area contributed by atoms with Crippen molar-refractivity contribution in [2.24, 2.45) is 12.0 Å². The molecule has 0 aliphatic rings. The van der Waals surface area contributed by atoms with Gasteiger partial charge in [0.1, 0.15) is 5.82 Å². The van der Waals surface area contributed by atoms with Gasteiger partial charge < -0.3 is 10.6 Å². The molecule has 1 heterocycles. The summed E-state index contributed by atoms with van der Waals surface area (Å²) in [6.45, 7) is 4.49. The number of guanidine groups is 1. The fraction of sp³-hybridized carbons (Fsp3) is 0.412. The van der Waals surface area contributed by atoms with Gasteiger partial charge in [0.05, 0.1) is 12.2 Å². The standard InChI is InChI=1S/C17H24FN5.HI/c1-12-5-6-15(9-16(12)18)13(2)22-17(19-3)20-8-7-14-10-21-23(4)11-14;/h5-6,9-11,13H,7-8H2,1-4H3,(H2,19,20,22);1H. The second-order valence-electron chi connectivity index (χ2n) is 5.65. The predicted octanol–water partition coefficient (Wildman–Crippen LogP) is 2.95. The van der Waals surface area contributed by atoms with Crippen molar-refractivity contribution >= 4 is 29.9 Å². The number of hydrogen-bond donors (Lipinski definition) is 2. The summed E-state index contributed by atoms with van der Waals surface area (Å²) < 4.78 is 15.5. The van der Waals surface area contributed by atoms with Crippen LogP contribution in [0.15, 0.2) is 35.6 Å². The van der Waals surface area contributed by atoms with Gasteiger partial charge in [0.25, 0.3) is 0 Å². The highest BCUT2D eigenvalue weighted by Crippen LogP contribution is 2.16. The summed E-state index contributed by atoms with van der Waals surface area (Å²) in [5.74, 6) is 0.512. The smallest absolute Gasteiger partial charge is 0.191 e. The van der Waals surface area contributed by atoms with Gasteiger partial charge in [-0.05, 0) is 43.0 Å². The number of aromatic nitrogens is 2. The fourth-order valence-electron chi connectivity index (χ4n) is 2.29. The molecule has 0 aliphatic carbocycles. The molecule has 7 heteroatoms. The molecule has 5 nitrogen and oxygen atoms in total. The van der Waals surface area contributed by atoms with Crippen LogP contribution in [0.2, 0.25) is 0 Å². The first-order valence-electron chi connectivity index (χ1n) is 7.70. The van der Waals surface area contributed by atoms with E-state index in [0.717, 1.165) is 18.5 Å². The van der Waals surface area contributed by atoms with Crippen LogP contribution in [0.3, 0.4) is 0 Å². The van der Waals surface area contributed by atoms with E-state index in [1.807, 2.05) is 32.4 Å². The Labute approximate surface area is 159 Å². The van der Waals surface area contributed by atoms with E-state index in [4.69, 9.17) is 0 Å². The fourth-order valence-corrected chi connectivity index (χ4v) is 2.29. The van der Waals surface area contributed by atoms with Crippen LogP contribution in [-0.4, -0.2) is 29.3 Å². The number of rotatable bonds is 5. The van der Waals surface area contributed by atoms with Crippen molar-refractivity contribution in [2.75, 3.05) is 13.6 Å². The van der Waals surface area contributed by atoms with E-state index in [1.54, 1.807) is 30.8 Å². The van der Waals surface area contributed by atoms with Crippen LogP contribution in [0.4, 0.5) is 4.39 Å². The number of halogens is 2. The molecule has 0 bridgehead atoms. The highest BCUT2D eigenvalue weighted by atomic mass is 127. The Kier molecular flexibility index (Phi) is 8.17. The van der Waals surface area contributed by atoms with Gasteiger partial charge in [-0.25, -0.2) is 4.39 Å². The molecule has 0 fully saturated rings. The molecule has 0 saturated heterocycles. The first kappa shape index (κ1) is 20.4. The highest BCUT2D eigenvalue weighted by molar-refractivity contribution is 14.0. The van der Waals surface area contributed by atoms with E-state index in [-0.39, 0.29) is 35.8 Å². The minimum Gasteiger partial charge on any atom is -0.356 e. The molecule has 24 heavy (non-hydrogen) atoms. The zero-order chi connectivity index (χ0) is 16.8. The van der Waals surface area contributed by atoms with Crippen molar-refractivity contribution in [2.45, 2.75) is 26.3 Å². The summed E-state index contributed by atoms with van der Waals surface area (Å²) in [5.41, 5.74) is 2.72.